The fraction of sp³-hybridized carbons (Fsp3) is 0.933. The first-order valence-electron chi connectivity index (χ1n) is 7.73. The number of carbonyl (C=O) groups excluding carboxylic acids is 1. The van der Waals surface area contributed by atoms with Gasteiger partial charge in [0.1, 0.15) is 35.6 Å². The van der Waals surface area contributed by atoms with Crippen LogP contribution in [-0.4, -0.2) is 69.1 Å². The van der Waals surface area contributed by atoms with Crippen LogP contribution in [0.1, 0.15) is 20.8 Å². The zero-order valence-corrected chi connectivity index (χ0v) is 12.6. The molecule has 3 saturated heterocycles. The highest BCUT2D eigenvalue weighted by Gasteiger charge is 2.94. The molecular formula is C15H20O7. The lowest BCUT2D eigenvalue weighted by atomic mass is 9.51. The van der Waals surface area contributed by atoms with Gasteiger partial charge in [0, 0.05) is 5.92 Å². The summed E-state index contributed by atoms with van der Waals surface area (Å²) >= 11 is 0. The molecule has 5 rings (SSSR count). The first kappa shape index (κ1) is 13.7. The van der Waals surface area contributed by atoms with E-state index in [9.17, 15) is 20.1 Å². The number of aliphatic hydroxyl groups excluding tert-OH is 1. The van der Waals surface area contributed by atoms with Crippen molar-refractivity contribution < 1.29 is 34.3 Å². The predicted molar refractivity (Wildman–Crippen MR) is 69.6 cm³/mol. The molecule has 0 aromatic carbocycles. The van der Waals surface area contributed by atoms with Crippen LogP contribution in [0.25, 0.3) is 0 Å². The summed E-state index contributed by atoms with van der Waals surface area (Å²) in [5.74, 6) is -2.19. The number of epoxide rings is 2. The van der Waals surface area contributed by atoms with E-state index in [1.807, 2.05) is 0 Å². The molecule has 2 aliphatic carbocycles. The Hall–Kier alpha value is -0.730. The van der Waals surface area contributed by atoms with E-state index in [4.69, 9.17) is 14.2 Å². The monoisotopic (exact) mass is 312 g/mol. The second-order valence-corrected chi connectivity index (χ2v) is 8.19. The number of esters is 1. The maximum atomic E-state index is 12.4. The Labute approximate surface area is 127 Å². The lowest BCUT2D eigenvalue weighted by Gasteiger charge is -2.55. The molecular weight excluding hydrogens is 292 g/mol. The minimum absolute atomic E-state index is 0.299. The minimum atomic E-state index is -1.59. The first-order valence-corrected chi connectivity index (χ1v) is 7.73. The summed E-state index contributed by atoms with van der Waals surface area (Å²) in [4.78, 5) is 12.4. The number of aliphatic hydroxyl groups is 3. The number of hydrogen-bond donors (Lipinski definition) is 3. The molecule has 7 nitrogen and oxygen atoms in total. The Balaban J connectivity index is 1.74. The van der Waals surface area contributed by atoms with Crippen LogP contribution >= 0.6 is 0 Å². The molecule has 3 aliphatic heterocycles. The van der Waals surface area contributed by atoms with Gasteiger partial charge in [0.25, 0.3) is 0 Å². The first-order chi connectivity index (χ1) is 10.1. The third kappa shape index (κ3) is 1.05. The summed E-state index contributed by atoms with van der Waals surface area (Å²) in [6.07, 6.45) is -2.82. The lowest BCUT2D eigenvalue weighted by Crippen LogP contribution is -2.72. The third-order valence-electron chi connectivity index (χ3n) is 6.96. The summed E-state index contributed by atoms with van der Waals surface area (Å²) in [5, 5.41) is 33.0. The highest BCUT2D eigenvalue weighted by molar-refractivity contribution is 5.79. The largest absolute Gasteiger partial charge is 0.459 e. The van der Waals surface area contributed by atoms with Gasteiger partial charge in [0.2, 0.25) is 0 Å². The molecule has 122 valence electrons. The maximum Gasteiger partial charge on any atom is 0.312 e. The van der Waals surface area contributed by atoms with Crippen LogP contribution in [0, 0.1) is 17.3 Å². The zero-order chi connectivity index (χ0) is 15.9. The molecule has 0 radical (unpaired) electrons. The Morgan fingerprint density at radius 2 is 1.95 bits per heavy atom. The Morgan fingerprint density at radius 3 is 2.50 bits per heavy atom. The number of ether oxygens (including phenoxy) is 3. The maximum absolute atomic E-state index is 12.4. The summed E-state index contributed by atoms with van der Waals surface area (Å²) in [5.41, 5.74) is -4.66. The Morgan fingerprint density at radius 1 is 1.32 bits per heavy atom. The summed E-state index contributed by atoms with van der Waals surface area (Å²) < 4.78 is 16.6. The fourth-order valence-electron chi connectivity index (χ4n) is 5.73. The second-order valence-electron chi connectivity index (χ2n) is 8.19. The van der Waals surface area contributed by atoms with Gasteiger partial charge in [-0.05, 0) is 13.8 Å². The van der Waals surface area contributed by atoms with E-state index in [1.165, 1.54) is 0 Å². The topological polar surface area (TPSA) is 112 Å². The van der Waals surface area contributed by atoms with E-state index in [2.05, 4.69) is 0 Å². The molecule has 22 heavy (non-hydrogen) atoms. The zero-order valence-electron chi connectivity index (χ0n) is 12.6. The van der Waals surface area contributed by atoms with Gasteiger partial charge in [0.15, 0.2) is 0 Å². The molecule has 5 aliphatic rings. The Kier molecular flexibility index (Phi) is 2.01. The SMILES string of the molecule is CC(C)(O)[C@@H]1[C@@H]2OC(=O)[C@H]1[C@]1(O)[C@H]3O[C@H]3[C@]3(CO3)[C@]1(C)[C@@H]2O. The number of fused-ring (bicyclic) bond motifs is 8. The van der Waals surface area contributed by atoms with E-state index in [-0.39, 0.29) is 6.10 Å². The van der Waals surface area contributed by atoms with Crippen molar-refractivity contribution in [1.29, 1.82) is 0 Å². The van der Waals surface area contributed by atoms with Crippen LogP contribution < -0.4 is 0 Å². The molecule has 2 saturated carbocycles. The third-order valence-corrected chi connectivity index (χ3v) is 6.96. The quantitative estimate of drug-likeness (QED) is 0.402. The van der Waals surface area contributed by atoms with E-state index < -0.39 is 58.3 Å². The van der Waals surface area contributed by atoms with Crippen molar-refractivity contribution in [3.63, 3.8) is 0 Å². The molecule has 0 aromatic rings. The van der Waals surface area contributed by atoms with Gasteiger partial charge >= 0.3 is 5.97 Å². The molecule has 9 atom stereocenters. The average Bonchev–Trinajstić information content (AvgIpc) is 3.26. The highest BCUT2D eigenvalue weighted by atomic mass is 16.7. The van der Waals surface area contributed by atoms with Gasteiger partial charge in [-0.3, -0.25) is 4.79 Å². The number of carbonyl (C=O) groups is 1. The van der Waals surface area contributed by atoms with E-state index in [0.29, 0.717) is 6.61 Å². The molecule has 5 fully saturated rings. The summed E-state index contributed by atoms with van der Waals surface area (Å²) in [6.45, 7) is 5.29. The molecule has 3 heterocycles. The molecule has 0 unspecified atom stereocenters. The van der Waals surface area contributed by atoms with Gasteiger partial charge in [-0.1, -0.05) is 6.92 Å². The van der Waals surface area contributed by atoms with Crippen LogP contribution in [-0.2, 0) is 19.0 Å². The molecule has 3 N–H and O–H groups in total. The van der Waals surface area contributed by atoms with Crippen molar-refractivity contribution in [2.75, 3.05) is 6.61 Å². The number of hydrogen-bond acceptors (Lipinski definition) is 7. The predicted octanol–water partition coefficient (Wildman–Crippen LogP) is -1.42. The van der Waals surface area contributed by atoms with E-state index in [0.717, 1.165) is 0 Å². The van der Waals surface area contributed by atoms with Crippen molar-refractivity contribution in [2.45, 2.75) is 62.0 Å². The molecule has 7 heteroatoms. The normalized spacial score (nSPS) is 64.4. The standard InChI is InChI=1S/C15H20O7/c1-12(2,18)5-6-11(17)21-7(5)8(16)13(3)14(4-20-14)9-10(22-9)15(6,13)19/h5-10,16,18-19H,4H2,1-3H3/t5-,6-,7-,8+,9+,10-,13-,14+,15-/m0/s1. The highest BCUT2D eigenvalue weighted by Crippen LogP contribution is 2.76. The summed E-state index contributed by atoms with van der Waals surface area (Å²) in [7, 11) is 0. The average molecular weight is 312 g/mol. The van der Waals surface area contributed by atoms with Crippen molar-refractivity contribution in [2.24, 2.45) is 17.3 Å². The van der Waals surface area contributed by atoms with Crippen LogP contribution in [0.5, 0.6) is 0 Å². The van der Waals surface area contributed by atoms with Crippen molar-refractivity contribution in [3.05, 3.63) is 0 Å². The molecule has 2 bridgehead atoms. The molecule has 0 amide bonds. The van der Waals surface area contributed by atoms with Gasteiger partial charge in [0.05, 0.1) is 23.5 Å². The van der Waals surface area contributed by atoms with E-state index in [1.54, 1.807) is 20.8 Å². The van der Waals surface area contributed by atoms with Gasteiger partial charge in [-0.2, -0.15) is 0 Å². The van der Waals surface area contributed by atoms with Crippen LogP contribution in [0.4, 0.5) is 0 Å². The van der Waals surface area contributed by atoms with Crippen LogP contribution in [0.2, 0.25) is 0 Å². The van der Waals surface area contributed by atoms with Crippen molar-refractivity contribution in [3.8, 4) is 0 Å². The number of rotatable bonds is 1. The lowest BCUT2D eigenvalue weighted by molar-refractivity contribution is -0.254. The minimum Gasteiger partial charge on any atom is -0.459 e. The molecule has 0 aromatic heterocycles. The second kappa shape index (κ2) is 3.23. The smallest absolute Gasteiger partial charge is 0.312 e. The van der Waals surface area contributed by atoms with Gasteiger partial charge < -0.3 is 29.5 Å². The molecule has 1 spiro atoms. The van der Waals surface area contributed by atoms with Crippen molar-refractivity contribution >= 4 is 5.97 Å². The van der Waals surface area contributed by atoms with Gasteiger partial charge in [-0.25, -0.2) is 0 Å². The summed E-state index contributed by atoms with van der Waals surface area (Å²) in [6, 6.07) is 0. The fourth-order valence-corrected chi connectivity index (χ4v) is 5.73. The van der Waals surface area contributed by atoms with E-state index >= 15 is 0 Å². The van der Waals surface area contributed by atoms with Crippen molar-refractivity contribution in [1.82, 2.24) is 0 Å². The van der Waals surface area contributed by atoms with Gasteiger partial charge in [-0.15, -0.1) is 0 Å². The van der Waals surface area contributed by atoms with Crippen LogP contribution in [0.3, 0.4) is 0 Å². The Bertz CT molecular complexity index is 593. The van der Waals surface area contributed by atoms with Crippen LogP contribution in [0.15, 0.2) is 0 Å².